The Morgan fingerprint density at radius 1 is 1.04 bits per heavy atom. The minimum Gasteiger partial charge on any atom is -0.448 e. The van der Waals surface area contributed by atoms with Crippen LogP contribution < -0.4 is 10.7 Å². The van der Waals surface area contributed by atoms with Gasteiger partial charge in [-0.1, -0.05) is 29.8 Å². The van der Waals surface area contributed by atoms with Crippen molar-refractivity contribution in [1.82, 2.24) is 5.43 Å². The van der Waals surface area contributed by atoms with Gasteiger partial charge in [0.15, 0.2) is 4.67 Å². The molecule has 0 bridgehead atoms. The average molecular weight is 426 g/mol. The SMILES string of the molecule is Cc1cccc(C(=O)Nc2ccccc2C(=O)N/N=C\c2ccc(Br)o2)c1. The molecule has 0 aliphatic heterocycles. The summed E-state index contributed by atoms with van der Waals surface area (Å²) in [5.41, 5.74) is 4.62. The van der Waals surface area contributed by atoms with Crippen LogP contribution in [0.3, 0.4) is 0 Å². The summed E-state index contributed by atoms with van der Waals surface area (Å²) in [6.07, 6.45) is 1.39. The Hall–Kier alpha value is -3.19. The summed E-state index contributed by atoms with van der Waals surface area (Å²) < 4.78 is 5.83. The number of para-hydroxylation sites is 1. The van der Waals surface area contributed by atoms with Gasteiger partial charge in [-0.15, -0.1) is 0 Å². The van der Waals surface area contributed by atoms with Crippen LogP contribution in [0.15, 0.2) is 74.9 Å². The molecule has 0 saturated heterocycles. The van der Waals surface area contributed by atoms with E-state index in [0.717, 1.165) is 5.56 Å². The van der Waals surface area contributed by atoms with E-state index in [-0.39, 0.29) is 5.91 Å². The number of carbonyl (C=O) groups excluding carboxylic acids is 2. The van der Waals surface area contributed by atoms with E-state index < -0.39 is 5.91 Å². The molecule has 0 radical (unpaired) electrons. The zero-order valence-electron chi connectivity index (χ0n) is 14.4. The van der Waals surface area contributed by atoms with Gasteiger partial charge >= 0.3 is 0 Å². The fourth-order valence-electron chi connectivity index (χ4n) is 2.38. The van der Waals surface area contributed by atoms with Crippen LogP contribution in [0.2, 0.25) is 0 Å². The number of halogens is 1. The summed E-state index contributed by atoms with van der Waals surface area (Å²) in [6.45, 7) is 1.91. The Kier molecular flexibility index (Phi) is 5.83. The Bertz CT molecular complexity index is 1010. The molecule has 2 aromatic carbocycles. The lowest BCUT2D eigenvalue weighted by molar-refractivity contribution is 0.0956. The molecule has 2 amide bonds. The van der Waals surface area contributed by atoms with Gasteiger partial charge in [-0.25, -0.2) is 5.43 Å². The van der Waals surface area contributed by atoms with Crippen molar-refractivity contribution in [3.63, 3.8) is 0 Å². The van der Waals surface area contributed by atoms with Crippen molar-refractivity contribution in [2.24, 2.45) is 5.10 Å². The Morgan fingerprint density at radius 2 is 1.85 bits per heavy atom. The number of furan rings is 1. The van der Waals surface area contributed by atoms with Crippen molar-refractivity contribution in [2.45, 2.75) is 6.92 Å². The van der Waals surface area contributed by atoms with Crippen molar-refractivity contribution in [1.29, 1.82) is 0 Å². The number of nitrogens with one attached hydrogen (secondary N) is 2. The van der Waals surface area contributed by atoms with Crippen molar-refractivity contribution < 1.29 is 14.0 Å². The number of amides is 2. The topological polar surface area (TPSA) is 83.7 Å². The van der Waals surface area contributed by atoms with E-state index in [1.165, 1.54) is 6.21 Å². The summed E-state index contributed by atoms with van der Waals surface area (Å²) in [5, 5.41) is 6.64. The molecule has 1 heterocycles. The zero-order valence-corrected chi connectivity index (χ0v) is 16.0. The van der Waals surface area contributed by atoms with E-state index in [2.05, 4.69) is 31.8 Å². The van der Waals surface area contributed by atoms with Gasteiger partial charge in [-0.3, -0.25) is 9.59 Å². The van der Waals surface area contributed by atoms with E-state index in [9.17, 15) is 9.59 Å². The summed E-state index contributed by atoms with van der Waals surface area (Å²) >= 11 is 3.19. The molecule has 0 atom stereocenters. The lowest BCUT2D eigenvalue weighted by atomic mass is 10.1. The fraction of sp³-hybridized carbons (Fsp3) is 0.0500. The van der Waals surface area contributed by atoms with Crippen LogP contribution in [-0.2, 0) is 0 Å². The van der Waals surface area contributed by atoms with E-state index in [4.69, 9.17) is 4.42 Å². The smallest absolute Gasteiger partial charge is 0.273 e. The molecule has 3 aromatic rings. The lowest BCUT2D eigenvalue weighted by Gasteiger charge is -2.10. The molecule has 0 fully saturated rings. The third-order valence-electron chi connectivity index (χ3n) is 3.65. The average Bonchev–Trinajstić information content (AvgIpc) is 3.07. The van der Waals surface area contributed by atoms with Crippen LogP contribution in [0.5, 0.6) is 0 Å². The van der Waals surface area contributed by atoms with Crippen LogP contribution >= 0.6 is 15.9 Å². The number of nitrogens with zero attached hydrogens (tertiary/aromatic N) is 1. The first-order valence-electron chi connectivity index (χ1n) is 8.09. The highest BCUT2D eigenvalue weighted by Gasteiger charge is 2.13. The molecule has 7 heteroatoms. The minimum atomic E-state index is -0.447. The van der Waals surface area contributed by atoms with Crippen LogP contribution in [-0.4, -0.2) is 18.0 Å². The van der Waals surface area contributed by atoms with Crippen LogP contribution in [0.25, 0.3) is 0 Å². The van der Waals surface area contributed by atoms with E-state index in [1.807, 2.05) is 19.1 Å². The first kappa shape index (κ1) is 18.6. The Labute approximate surface area is 164 Å². The number of hydrazone groups is 1. The highest BCUT2D eigenvalue weighted by Crippen LogP contribution is 2.17. The molecule has 136 valence electrons. The van der Waals surface area contributed by atoms with Crippen LogP contribution in [0.1, 0.15) is 32.0 Å². The number of hydrogen-bond acceptors (Lipinski definition) is 4. The van der Waals surface area contributed by atoms with Gasteiger partial charge in [0, 0.05) is 5.56 Å². The molecule has 1 aromatic heterocycles. The number of anilines is 1. The summed E-state index contributed by atoms with van der Waals surface area (Å²) in [7, 11) is 0. The maximum absolute atomic E-state index is 12.5. The minimum absolute atomic E-state index is 0.289. The second kappa shape index (κ2) is 8.46. The Balaban J connectivity index is 1.72. The molecule has 27 heavy (non-hydrogen) atoms. The van der Waals surface area contributed by atoms with Gasteiger partial charge in [0.1, 0.15) is 5.76 Å². The molecule has 0 aliphatic rings. The number of rotatable bonds is 5. The number of aryl methyl sites for hydroxylation is 1. The van der Waals surface area contributed by atoms with Crippen molar-refractivity contribution in [3.8, 4) is 0 Å². The normalized spacial score (nSPS) is 10.7. The maximum Gasteiger partial charge on any atom is 0.273 e. The highest BCUT2D eigenvalue weighted by atomic mass is 79.9. The lowest BCUT2D eigenvalue weighted by Crippen LogP contribution is -2.21. The van der Waals surface area contributed by atoms with Gasteiger partial charge < -0.3 is 9.73 Å². The van der Waals surface area contributed by atoms with Gasteiger partial charge in [-0.05, 0) is 59.3 Å². The van der Waals surface area contributed by atoms with Crippen molar-refractivity contribution in [3.05, 3.63) is 87.8 Å². The molecule has 0 spiro atoms. The first-order valence-corrected chi connectivity index (χ1v) is 8.88. The van der Waals surface area contributed by atoms with Gasteiger partial charge in [0.2, 0.25) is 0 Å². The summed E-state index contributed by atoms with van der Waals surface area (Å²) in [4.78, 5) is 24.9. The third-order valence-corrected chi connectivity index (χ3v) is 4.08. The highest BCUT2D eigenvalue weighted by molar-refractivity contribution is 9.10. The summed E-state index contributed by atoms with van der Waals surface area (Å²) in [6, 6.07) is 17.4. The second-order valence-electron chi connectivity index (χ2n) is 5.71. The largest absolute Gasteiger partial charge is 0.448 e. The first-order chi connectivity index (χ1) is 13.0. The van der Waals surface area contributed by atoms with E-state index >= 15 is 0 Å². The molecule has 3 rings (SSSR count). The Morgan fingerprint density at radius 3 is 2.59 bits per heavy atom. The van der Waals surface area contributed by atoms with Gasteiger partial charge in [0.05, 0.1) is 17.5 Å². The molecular weight excluding hydrogens is 410 g/mol. The zero-order chi connectivity index (χ0) is 19.2. The maximum atomic E-state index is 12.5. The van der Waals surface area contributed by atoms with Gasteiger partial charge in [0.25, 0.3) is 11.8 Å². The molecule has 0 saturated carbocycles. The second-order valence-corrected chi connectivity index (χ2v) is 6.49. The quantitative estimate of drug-likeness (QED) is 0.470. The predicted octanol–water partition coefficient (Wildman–Crippen LogP) is 4.37. The molecular formula is C20H16BrN3O3. The molecule has 0 aliphatic carbocycles. The molecule has 0 unspecified atom stereocenters. The molecule has 6 nitrogen and oxygen atoms in total. The molecule has 2 N–H and O–H groups in total. The van der Waals surface area contributed by atoms with Crippen molar-refractivity contribution in [2.75, 3.05) is 5.32 Å². The number of benzene rings is 2. The summed E-state index contributed by atoms with van der Waals surface area (Å²) in [5.74, 6) is -0.247. The monoisotopic (exact) mass is 425 g/mol. The van der Waals surface area contributed by atoms with Gasteiger partial charge in [-0.2, -0.15) is 5.10 Å². The van der Waals surface area contributed by atoms with E-state index in [0.29, 0.717) is 27.2 Å². The fourth-order valence-corrected chi connectivity index (χ4v) is 2.70. The predicted molar refractivity (Wildman–Crippen MR) is 107 cm³/mol. The number of carbonyl (C=O) groups is 2. The van der Waals surface area contributed by atoms with Crippen LogP contribution in [0, 0.1) is 6.92 Å². The van der Waals surface area contributed by atoms with E-state index in [1.54, 1.807) is 48.5 Å². The van der Waals surface area contributed by atoms with Crippen LogP contribution in [0.4, 0.5) is 5.69 Å². The van der Waals surface area contributed by atoms with Crippen molar-refractivity contribution >= 4 is 39.6 Å². The third kappa shape index (κ3) is 4.92. The number of hydrogen-bond donors (Lipinski definition) is 2. The standard InChI is InChI=1S/C20H16BrN3O3/c1-13-5-4-6-14(11-13)19(25)23-17-8-3-2-7-16(17)20(26)24-22-12-15-9-10-18(21)27-15/h2-12H,1H3,(H,23,25)(H,24,26)/b22-12-.